The van der Waals surface area contributed by atoms with E-state index in [0.717, 1.165) is 18.4 Å². The summed E-state index contributed by atoms with van der Waals surface area (Å²) in [6.45, 7) is 5.14. The smallest absolute Gasteiger partial charge is 0.254 e. The number of fused-ring (bicyclic) bond motifs is 1. The van der Waals surface area contributed by atoms with Crippen molar-refractivity contribution in [3.63, 3.8) is 0 Å². The number of rotatable bonds is 9. The Kier molecular flexibility index (Phi) is 8.36. The second-order valence-corrected chi connectivity index (χ2v) is 10.3. The monoisotopic (exact) mass is 512 g/mol. The summed E-state index contributed by atoms with van der Waals surface area (Å²) in [7, 11) is 0. The van der Waals surface area contributed by atoms with Crippen LogP contribution in [0.4, 0.5) is 8.78 Å². The molecule has 0 N–H and O–H groups in total. The van der Waals surface area contributed by atoms with Crippen LogP contribution in [0.15, 0.2) is 60.0 Å². The second kappa shape index (κ2) is 11.6. The number of thiophene rings is 1. The topological polar surface area (TPSA) is 49.9 Å². The van der Waals surface area contributed by atoms with Gasteiger partial charge in [0, 0.05) is 29.6 Å². The van der Waals surface area contributed by atoms with E-state index < -0.39 is 5.82 Å². The molecule has 0 radical (unpaired) electrons. The third-order valence-corrected chi connectivity index (χ3v) is 7.30. The normalized spacial score (nSPS) is 15.0. The molecular weight excluding hydrogens is 482 g/mol. The maximum atomic E-state index is 13.6. The van der Waals surface area contributed by atoms with Gasteiger partial charge in [-0.2, -0.15) is 0 Å². The molecule has 2 aromatic carbocycles. The van der Waals surface area contributed by atoms with Crippen molar-refractivity contribution in [3.05, 3.63) is 87.6 Å². The van der Waals surface area contributed by atoms with Crippen molar-refractivity contribution in [1.29, 1.82) is 0 Å². The molecule has 36 heavy (non-hydrogen) atoms. The molecule has 190 valence electrons. The number of carbonyl (C=O) groups excluding carboxylic acids is 2. The van der Waals surface area contributed by atoms with Crippen LogP contribution in [-0.4, -0.2) is 47.9 Å². The van der Waals surface area contributed by atoms with Gasteiger partial charge in [-0.15, -0.1) is 11.3 Å². The van der Waals surface area contributed by atoms with Crippen molar-refractivity contribution in [2.24, 2.45) is 5.92 Å². The van der Waals surface area contributed by atoms with Crippen molar-refractivity contribution in [2.75, 3.05) is 26.2 Å². The number of carbonyl (C=O) groups is 2. The largest absolute Gasteiger partial charge is 0.491 e. The number of ether oxygens (including phenoxy) is 1. The molecule has 4 rings (SSSR count). The number of nitrogens with zero attached hydrogens (tertiary/aromatic N) is 2. The first-order valence-corrected chi connectivity index (χ1v) is 13.0. The summed E-state index contributed by atoms with van der Waals surface area (Å²) >= 11 is 1.65. The first-order chi connectivity index (χ1) is 17.3. The van der Waals surface area contributed by atoms with Crippen LogP contribution in [0.3, 0.4) is 0 Å². The van der Waals surface area contributed by atoms with Gasteiger partial charge in [0.2, 0.25) is 5.91 Å². The Labute approximate surface area is 214 Å². The average Bonchev–Trinajstić information content (AvgIpc) is 3.34. The zero-order valence-corrected chi connectivity index (χ0v) is 21.3. The van der Waals surface area contributed by atoms with Gasteiger partial charge in [-0.3, -0.25) is 9.59 Å². The molecule has 1 aliphatic rings. The van der Waals surface area contributed by atoms with Gasteiger partial charge in [0.1, 0.15) is 30.5 Å². The highest BCUT2D eigenvalue weighted by molar-refractivity contribution is 7.10. The first kappa shape index (κ1) is 25.8. The summed E-state index contributed by atoms with van der Waals surface area (Å²) in [6.07, 6.45) is 1.47. The molecule has 3 aromatic rings. The molecule has 0 bridgehead atoms. The van der Waals surface area contributed by atoms with E-state index in [1.165, 1.54) is 41.3 Å². The minimum absolute atomic E-state index is 0.0845. The van der Waals surface area contributed by atoms with Gasteiger partial charge in [0.25, 0.3) is 5.91 Å². The van der Waals surface area contributed by atoms with Crippen molar-refractivity contribution in [3.8, 4) is 5.75 Å². The molecule has 2 heterocycles. The molecule has 0 spiro atoms. The van der Waals surface area contributed by atoms with E-state index in [0.29, 0.717) is 30.3 Å². The molecule has 1 aliphatic heterocycles. The highest BCUT2D eigenvalue weighted by atomic mass is 32.1. The van der Waals surface area contributed by atoms with E-state index in [1.54, 1.807) is 33.3 Å². The number of hydrogen-bond donors (Lipinski definition) is 0. The van der Waals surface area contributed by atoms with E-state index in [2.05, 4.69) is 13.8 Å². The van der Waals surface area contributed by atoms with Gasteiger partial charge >= 0.3 is 0 Å². The van der Waals surface area contributed by atoms with Crippen molar-refractivity contribution in [2.45, 2.75) is 32.7 Å². The fraction of sp³-hybridized carbons (Fsp3) is 0.357. The third kappa shape index (κ3) is 6.29. The van der Waals surface area contributed by atoms with E-state index in [9.17, 15) is 18.4 Å². The molecule has 0 aliphatic carbocycles. The molecule has 1 atom stereocenters. The molecule has 0 fully saturated rings. The van der Waals surface area contributed by atoms with Crippen LogP contribution in [0.5, 0.6) is 5.75 Å². The standard InChI is InChI=1S/C28H30F2N2O3S/c1-19(2)10-13-31(28(34)20-6-8-21(29)9-7-20)17-27(33)32-14-11-26-24(12-15-36-26)25(32)18-35-23-5-3-4-22(30)16-23/h3-9,12,15-16,19,25H,10-11,13-14,17-18H2,1-2H3. The van der Waals surface area contributed by atoms with E-state index in [1.807, 2.05) is 11.4 Å². The molecule has 0 saturated carbocycles. The summed E-state index contributed by atoms with van der Waals surface area (Å²) in [4.78, 5) is 31.4. The Bertz CT molecular complexity index is 1200. The lowest BCUT2D eigenvalue weighted by Gasteiger charge is -2.37. The summed E-state index contributed by atoms with van der Waals surface area (Å²) in [5.74, 6) is -0.546. The predicted octanol–water partition coefficient (Wildman–Crippen LogP) is 5.72. The second-order valence-electron chi connectivity index (χ2n) is 9.34. The fourth-order valence-corrected chi connectivity index (χ4v) is 5.23. The molecule has 5 nitrogen and oxygen atoms in total. The molecule has 2 amide bonds. The summed E-state index contributed by atoms with van der Waals surface area (Å²) in [5.41, 5.74) is 1.37. The van der Waals surface area contributed by atoms with E-state index in [4.69, 9.17) is 4.74 Å². The van der Waals surface area contributed by atoms with Crippen LogP contribution < -0.4 is 4.74 Å². The maximum absolute atomic E-state index is 13.6. The quantitative estimate of drug-likeness (QED) is 0.369. The van der Waals surface area contributed by atoms with Crippen molar-refractivity contribution < 1.29 is 23.1 Å². The summed E-state index contributed by atoms with van der Waals surface area (Å²) in [6, 6.07) is 13.0. The van der Waals surface area contributed by atoms with Gasteiger partial charge in [0.05, 0.1) is 6.04 Å². The number of halogens is 2. The van der Waals surface area contributed by atoms with Crippen LogP contribution in [0.1, 0.15) is 47.1 Å². The Morgan fingerprint density at radius 1 is 1.11 bits per heavy atom. The van der Waals surface area contributed by atoms with Crippen LogP contribution in [0.25, 0.3) is 0 Å². The number of hydrogen-bond acceptors (Lipinski definition) is 4. The van der Waals surface area contributed by atoms with Gasteiger partial charge in [-0.25, -0.2) is 8.78 Å². The summed E-state index contributed by atoms with van der Waals surface area (Å²) < 4.78 is 32.9. The minimum atomic E-state index is -0.419. The molecule has 0 saturated heterocycles. The number of benzene rings is 2. The maximum Gasteiger partial charge on any atom is 0.254 e. The van der Waals surface area contributed by atoms with Gasteiger partial charge in [0.15, 0.2) is 0 Å². The van der Waals surface area contributed by atoms with Crippen LogP contribution in [0, 0.1) is 17.6 Å². The zero-order chi connectivity index (χ0) is 25.7. The SMILES string of the molecule is CC(C)CCN(CC(=O)N1CCc2sccc2C1COc1cccc(F)c1)C(=O)c1ccc(F)cc1. The van der Waals surface area contributed by atoms with E-state index >= 15 is 0 Å². The van der Waals surface area contributed by atoms with Crippen LogP contribution in [-0.2, 0) is 11.2 Å². The van der Waals surface area contributed by atoms with Crippen molar-refractivity contribution >= 4 is 23.2 Å². The average molecular weight is 513 g/mol. The van der Waals surface area contributed by atoms with Crippen molar-refractivity contribution in [1.82, 2.24) is 9.80 Å². The highest BCUT2D eigenvalue weighted by Gasteiger charge is 2.33. The summed E-state index contributed by atoms with van der Waals surface area (Å²) in [5, 5.41) is 2.00. The molecule has 1 unspecified atom stereocenters. The van der Waals surface area contributed by atoms with Gasteiger partial charge in [-0.1, -0.05) is 19.9 Å². The highest BCUT2D eigenvalue weighted by Crippen LogP contribution is 2.34. The van der Waals surface area contributed by atoms with Gasteiger partial charge in [-0.05, 0) is 72.2 Å². The lowest BCUT2D eigenvalue weighted by Crippen LogP contribution is -2.48. The third-order valence-electron chi connectivity index (χ3n) is 6.30. The minimum Gasteiger partial charge on any atom is -0.491 e. The fourth-order valence-electron chi connectivity index (χ4n) is 4.30. The first-order valence-electron chi connectivity index (χ1n) is 12.1. The lowest BCUT2D eigenvalue weighted by molar-refractivity contribution is -0.135. The Balaban J connectivity index is 1.53. The molecular formula is C28H30F2N2O3S. The Morgan fingerprint density at radius 2 is 1.89 bits per heavy atom. The Morgan fingerprint density at radius 3 is 2.61 bits per heavy atom. The molecule has 8 heteroatoms. The zero-order valence-electron chi connectivity index (χ0n) is 20.5. The lowest BCUT2D eigenvalue weighted by atomic mass is 10.00. The number of amides is 2. The van der Waals surface area contributed by atoms with E-state index in [-0.39, 0.29) is 36.8 Å². The van der Waals surface area contributed by atoms with Crippen LogP contribution >= 0.6 is 11.3 Å². The predicted molar refractivity (Wildman–Crippen MR) is 136 cm³/mol. The molecule has 1 aromatic heterocycles. The van der Waals surface area contributed by atoms with Gasteiger partial charge < -0.3 is 14.5 Å². The Hall–Kier alpha value is -3.26. The van der Waals surface area contributed by atoms with Crippen LogP contribution in [0.2, 0.25) is 0 Å².